The van der Waals surface area contributed by atoms with Crippen molar-refractivity contribution in [3.05, 3.63) is 29.1 Å². The van der Waals surface area contributed by atoms with Gasteiger partial charge in [0.05, 0.1) is 13.5 Å². The lowest BCUT2D eigenvalue weighted by Gasteiger charge is -2.05. The van der Waals surface area contributed by atoms with Crippen LogP contribution in [0.5, 0.6) is 5.75 Å². The summed E-state index contributed by atoms with van der Waals surface area (Å²) in [6.07, 6.45) is 0.0134. The van der Waals surface area contributed by atoms with Crippen molar-refractivity contribution in [1.82, 2.24) is 0 Å². The number of ether oxygens (including phenoxy) is 1. The number of aromatic hydroxyl groups is 1. The fourth-order valence-corrected chi connectivity index (χ4v) is 1.13. The van der Waals surface area contributed by atoms with E-state index in [2.05, 4.69) is 4.74 Å². The molecule has 1 aromatic carbocycles. The molecule has 1 rings (SSSR count). The highest BCUT2D eigenvalue weighted by molar-refractivity contribution is 5.73. The molecule has 0 unspecified atom stereocenters. The second kappa shape index (κ2) is 4.09. The highest BCUT2D eigenvalue weighted by Gasteiger charge is 2.09. The first-order valence-electron chi connectivity index (χ1n) is 4.09. The number of hydrogen-bond donors (Lipinski definition) is 1. The molecule has 0 amide bonds. The lowest BCUT2D eigenvalue weighted by atomic mass is 10.1. The molecule has 1 N–H and O–H groups in total. The highest BCUT2D eigenvalue weighted by atomic mass is 19.1. The van der Waals surface area contributed by atoms with E-state index < -0.39 is 17.5 Å². The van der Waals surface area contributed by atoms with Gasteiger partial charge in [-0.05, 0) is 30.2 Å². The Hall–Kier alpha value is -1.58. The van der Waals surface area contributed by atoms with Gasteiger partial charge in [-0.25, -0.2) is 4.39 Å². The zero-order valence-corrected chi connectivity index (χ0v) is 8.00. The van der Waals surface area contributed by atoms with E-state index in [4.69, 9.17) is 5.11 Å². The van der Waals surface area contributed by atoms with Gasteiger partial charge in [-0.15, -0.1) is 0 Å². The minimum Gasteiger partial charge on any atom is -0.505 e. The van der Waals surface area contributed by atoms with Crippen molar-refractivity contribution in [2.45, 2.75) is 13.3 Å². The zero-order valence-electron chi connectivity index (χ0n) is 8.00. The molecule has 0 spiro atoms. The minimum atomic E-state index is -0.727. The van der Waals surface area contributed by atoms with Crippen LogP contribution in [-0.4, -0.2) is 18.2 Å². The Morgan fingerprint density at radius 2 is 2.21 bits per heavy atom. The number of aryl methyl sites for hydroxylation is 1. The van der Waals surface area contributed by atoms with Crippen LogP contribution in [0, 0.1) is 12.7 Å². The number of phenols is 1. The molecule has 76 valence electrons. The van der Waals surface area contributed by atoms with Gasteiger partial charge in [-0.3, -0.25) is 4.79 Å². The molecule has 0 aliphatic heterocycles. The summed E-state index contributed by atoms with van der Waals surface area (Å²) in [6, 6.07) is 2.43. The topological polar surface area (TPSA) is 46.5 Å². The first kappa shape index (κ1) is 10.5. The molecule has 0 aliphatic rings. The molecule has 0 fully saturated rings. The molecule has 14 heavy (non-hydrogen) atoms. The maximum absolute atomic E-state index is 12.9. The summed E-state index contributed by atoms with van der Waals surface area (Å²) in [6.45, 7) is 1.69. The third kappa shape index (κ3) is 2.22. The van der Waals surface area contributed by atoms with Gasteiger partial charge in [0.1, 0.15) is 0 Å². The monoisotopic (exact) mass is 198 g/mol. The summed E-state index contributed by atoms with van der Waals surface area (Å²) in [5, 5.41) is 9.02. The van der Waals surface area contributed by atoms with Gasteiger partial charge in [0.25, 0.3) is 0 Å². The lowest BCUT2D eigenvalue weighted by Crippen LogP contribution is -2.06. The number of methoxy groups -OCH3 is 1. The van der Waals surface area contributed by atoms with Gasteiger partial charge in [-0.2, -0.15) is 0 Å². The number of esters is 1. The Morgan fingerprint density at radius 3 is 2.79 bits per heavy atom. The zero-order chi connectivity index (χ0) is 10.7. The predicted octanol–water partition coefficient (Wildman–Crippen LogP) is 1.56. The molecule has 0 radical (unpaired) electrons. The van der Waals surface area contributed by atoms with Gasteiger partial charge >= 0.3 is 5.97 Å². The molecule has 3 nitrogen and oxygen atoms in total. The van der Waals surface area contributed by atoms with Crippen LogP contribution in [0.3, 0.4) is 0 Å². The second-order valence-corrected chi connectivity index (χ2v) is 2.98. The van der Waals surface area contributed by atoms with Gasteiger partial charge in [0, 0.05) is 0 Å². The third-order valence-corrected chi connectivity index (χ3v) is 1.97. The van der Waals surface area contributed by atoms with Crippen LogP contribution in [-0.2, 0) is 16.0 Å². The number of carbonyl (C=O) groups is 1. The first-order chi connectivity index (χ1) is 6.54. The largest absolute Gasteiger partial charge is 0.505 e. The van der Waals surface area contributed by atoms with E-state index in [1.54, 1.807) is 6.92 Å². The normalized spacial score (nSPS) is 9.93. The van der Waals surface area contributed by atoms with E-state index in [0.29, 0.717) is 11.1 Å². The number of phenolic OH excluding ortho intramolecular Hbond substituents is 1. The standard InChI is InChI=1S/C10H11FO3/c1-6-3-9(12)8(11)4-7(6)5-10(13)14-2/h3-4,12H,5H2,1-2H3. The smallest absolute Gasteiger partial charge is 0.309 e. The van der Waals surface area contributed by atoms with Crippen LogP contribution in [0.25, 0.3) is 0 Å². The Balaban J connectivity index is 2.98. The van der Waals surface area contributed by atoms with E-state index in [1.807, 2.05) is 0 Å². The van der Waals surface area contributed by atoms with Crippen LogP contribution >= 0.6 is 0 Å². The summed E-state index contributed by atoms with van der Waals surface area (Å²) in [7, 11) is 1.27. The summed E-state index contributed by atoms with van der Waals surface area (Å²) in [4.78, 5) is 10.9. The fourth-order valence-electron chi connectivity index (χ4n) is 1.13. The van der Waals surface area contributed by atoms with Gasteiger partial charge < -0.3 is 9.84 Å². The maximum Gasteiger partial charge on any atom is 0.309 e. The molecule has 0 aliphatic carbocycles. The Bertz CT molecular complexity index is 361. The van der Waals surface area contributed by atoms with Crippen molar-refractivity contribution in [2.75, 3.05) is 7.11 Å². The van der Waals surface area contributed by atoms with E-state index >= 15 is 0 Å². The molecule has 0 saturated heterocycles. The van der Waals surface area contributed by atoms with Crippen molar-refractivity contribution in [2.24, 2.45) is 0 Å². The number of benzene rings is 1. The minimum absolute atomic E-state index is 0.0134. The molecule has 0 bridgehead atoms. The summed E-state index contributed by atoms with van der Waals surface area (Å²) >= 11 is 0. The van der Waals surface area contributed by atoms with E-state index in [1.165, 1.54) is 13.2 Å². The quantitative estimate of drug-likeness (QED) is 0.733. The summed E-state index contributed by atoms with van der Waals surface area (Å²) in [5.74, 6) is -1.57. The summed E-state index contributed by atoms with van der Waals surface area (Å²) < 4.78 is 17.4. The molecule has 0 aromatic heterocycles. The van der Waals surface area contributed by atoms with Crippen LogP contribution in [0.4, 0.5) is 4.39 Å². The lowest BCUT2D eigenvalue weighted by molar-refractivity contribution is -0.139. The molecule has 0 saturated carbocycles. The Morgan fingerprint density at radius 1 is 1.57 bits per heavy atom. The molecule has 0 heterocycles. The van der Waals surface area contributed by atoms with Gasteiger partial charge in [0.15, 0.2) is 11.6 Å². The van der Waals surface area contributed by atoms with Crippen molar-refractivity contribution in [3.8, 4) is 5.75 Å². The van der Waals surface area contributed by atoms with E-state index in [-0.39, 0.29) is 6.42 Å². The Kier molecular flexibility index (Phi) is 3.06. The van der Waals surface area contributed by atoms with Crippen LogP contribution < -0.4 is 0 Å². The van der Waals surface area contributed by atoms with Gasteiger partial charge in [0.2, 0.25) is 0 Å². The van der Waals surface area contributed by atoms with Crippen molar-refractivity contribution in [3.63, 3.8) is 0 Å². The number of hydrogen-bond acceptors (Lipinski definition) is 3. The fraction of sp³-hybridized carbons (Fsp3) is 0.300. The van der Waals surface area contributed by atoms with Crippen LogP contribution in [0.2, 0.25) is 0 Å². The van der Waals surface area contributed by atoms with Gasteiger partial charge in [-0.1, -0.05) is 0 Å². The van der Waals surface area contributed by atoms with E-state index in [0.717, 1.165) is 6.07 Å². The van der Waals surface area contributed by atoms with E-state index in [9.17, 15) is 9.18 Å². The van der Waals surface area contributed by atoms with Crippen molar-refractivity contribution in [1.29, 1.82) is 0 Å². The molecule has 1 aromatic rings. The summed E-state index contributed by atoms with van der Waals surface area (Å²) in [5.41, 5.74) is 1.18. The SMILES string of the molecule is COC(=O)Cc1cc(F)c(O)cc1C. The first-order valence-corrected chi connectivity index (χ1v) is 4.09. The van der Waals surface area contributed by atoms with Crippen LogP contribution in [0.15, 0.2) is 12.1 Å². The predicted molar refractivity (Wildman–Crippen MR) is 48.5 cm³/mol. The van der Waals surface area contributed by atoms with Crippen molar-refractivity contribution < 1.29 is 19.0 Å². The molecular formula is C10H11FO3. The number of halogens is 1. The third-order valence-electron chi connectivity index (χ3n) is 1.97. The molecular weight excluding hydrogens is 187 g/mol. The average Bonchev–Trinajstić information content (AvgIpc) is 2.14. The maximum atomic E-state index is 12.9. The van der Waals surface area contributed by atoms with Crippen LogP contribution in [0.1, 0.15) is 11.1 Å². The Labute approximate surface area is 81.1 Å². The second-order valence-electron chi connectivity index (χ2n) is 2.98. The molecule has 0 atom stereocenters. The molecule has 4 heteroatoms. The number of rotatable bonds is 2. The number of carbonyl (C=O) groups excluding carboxylic acids is 1. The van der Waals surface area contributed by atoms with Crippen molar-refractivity contribution >= 4 is 5.97 Å². The average molecular weight is 198 g/mol. The highest BCUT2D eigenvalue weighted by Crippen LogP contribution is 2.20.